The van der Waals surface area contributed by atoms with Crippen molar-refractivity contribution in [2.45, 2.75) is 30.4 Å². The number of hydrogen-bond donors (Lipinski definition) is 0. The third kappa shape index (κ3) is 3.49. The third-order valence-corrected chi connectivity index (χ3v) is 7.46. The lowest BCUT2D eigenvalue weighted by Gasteiger charge is -2.33. The molecule has 5 rings (SSSR count). The lowest BCUT2D eigenvalue weighted by atomic mass is 10.0. The van der Waals surface area contributed by atoms with Crippen molar-refractivity contribution in [2.24, 2.45) is 0 Å². The van der Waals surface area contributed by atoms with Crippen molar-refractivity contribution in [3.63, 3.8) is 0 Å². The summed E-state index contributed by atoms with van der Waals surface area (Å²) >= 11 is 7.77. The first kappa shape index (κ1) is 20.1. The molecule has 1 amide bonds. The molecule has 0 N–H and O–H groups in total. The molecule has 3 heterocycles. The average molecular weight is 456 g/mol. The molecule has 7 nitrogen and oxygen atoms in total. The number of fused-ring (bicyclic) bond motifs is 1. The molecular formula is C22H18ClN3O4S. The Bertz CT molecular complexity index is 1140. The van der Waals surface area contributed by atoms with Gasteiger partial charge in [0.15, 0.2) is 6.61 Å². The Morgan fingerprint density at radius 1 is 1.19 bits per heavy atom. The van der Waals surface area contributed by atoms with E-state index in [0.717, 1.165) is 5.56 Å². The maximum atomic E-state index is 12.9. The third-order valence-electron chi connectivity index (χ3n) is 5.53. The molecule has 9 heteroatoms. The highest BCUT2D eigenvalue weighted by atomic mass is 35.5. The summed E-state index contributed by atoms with van der Waals surface area (Å²) in [6.07, 6.45) is 1.09. The Morgan fingerprint density at radius 2 is 1.97 bits per heavy atom. The molecule has 158 valence electrons. The standard InChI is InChI=1S/C22H18ClN3O4S/c23-16-9-5-4-8-15(16)20-25-24-18(30-20)12-29-21(28)17-13-31-22(11-10-19(27)26(17)22)14-6-2-1-3-7-14/h1-9,17H,10-13H2. The van der Waals surface area contributed by atoms with Gasteiger partial charge in [0.1, 0.15) is 10.9 Å². The van der Waals surface area contributed by atoms with Gasteiger partial charge in [0.25, 0.3) is 5.89 Å². The van der Waals surface area contributed by atoms with Crippen LogP contribution in [0.3, 0.4) is 0 Å². The van der Waals surface area contributed by atoms with E-state index in [1.807, 2.05) is 36.4 Å². The van der Waals surface area contributed by atoms with Crippen LogP contribution >= 0.6 is 23.4 Å². The molecule has 0 radical (unpaired) electrons. The molecule has 2 aromatic carbocycles. The number of amides is 1. The molecule has 2 atom stereocenters. The van der Waals surface area contributed by atoms with Crippen LogP contribution in [0.5, 0.6) is 0 Å². The van der Waals surface area contributed by atoms with Crippen LogP contribution in [0.25, 0.3) is 11.5 Å². The van der Waals surface area contributed by atoms with E-state index in [-0.39, 0.29) is 24.3 Å². The Kier molecular flexibility index (Phi) is 5.19. The molecule has 0 spiro atoms. The Labute approximate surface area is 187 Å². The highest BCUT2D eigenvalue weighted by Gasteiger charge is 2.57. The highest BCUT2D eigenvalue weighted by molar-refractivity contribution is 8.00. The number of carbonyl (C=O) groups excluding carboxylic acids is 2. The predicted molar refractivity (Wildman–Crippen MR) is 115 cm³/mol. The summed E-state index contributed by atoms with van der Waals surface area (Å²) in [7, 11) is 0. The van der Waals surface area contributed by atoms with Crippen molar-refractivity contribution >= 4 is 35.2 Å². The number of ether oxygens (including phenoxy) is 1. The van der Waals surface area contributed by atoms with Crippen LogP contribution in [0.4, 0.5) is 0 Å². The zero-order valence-corrected chi connectivity index (χ0v) is 17.9. The van der Waals surface area contributed by atoms with Gasteiger partial charge in [-0.15, -0.1) is 22.0 Å². The second kappa shape index (κ2) is 8.01. The van der Waals surface area contributed by atoms with Gasteiger partial charge in [0.05, 0.1) is 10.6 Å². The number of aromatic nitrogens is 2. The van der Waals surface area contributed by atoms with Crippen LogP contribution in [0.2, 0.25) is 5.02 Å². The topological polar surface area (TPSA) is 85.5 Å². The van der Waals surface area contributed by atoms with Crippen molar-refractivity contribution in [3.05, 3.63) is 71.1 Å². The highest BCUT2D eigenvalue weighted by Crippen LogP contribution is 2.54. The smallest absolute Gasteiger partial charge is 0.330 e. The summed E-state index contributed by atoms with van der Waals surface area (Å²) < 4.78 is 11.0. The van der Waals surface area contributed by atoms with E-state index >= 15 is 0 Å². The summed E-state index contributed by atoms with van der Waals surface area (Å²) in [5.74, 6) is 0.392. The molecule has 0 aliphatic carbocycles. The van der Waals surface area contributed by atoms with Gasteiger partial charge in [0.2, 0.25) is 11.8 Å². The summed E-state index contributed by atoms with van der Waals surface area (Å²) in [5, 5.41) is 8.40. The second-order valence-corrected chi connectivity index (χ2v) is 9.03. The molecule has 2 unspecified atom stereocenters. The number of hydrogen-bond acceptors (Lipinski definition) is 7. The van der Waals surface area contributed by atoms with Gasteiger partial charge < -0.3 is 14.1 Å². The van der Waals surface area contributed by atoms with Gasteiger partial charge >= 0.3 is 5.97 Å². The number of thioether (sulfide) groups is 1. The fourth-order valence-electron chi connectivity index (χ4n) is 4.10. The Hall–Kier alpha value is -2.84. The fourth-order valence-corrected chi connectivity index (χ4v) is 5.95. The zero-order valence-electron chi connectivity index (χ0n) is 16.4. The average Bonchev–Trinajstić information content (AvgIpc) is 3.50. The van der Waals surface area contributed by atoms with E-state index in [0.29, 0.717) is 29.2 Å². The van der Waals surface area contributed by atoms with Crippen molar-refractivity contribution in [3.8, 4) is 11.5 Å². The molecule has 2 aliphatic heterocycles. The van der Waals surface area contributed by atoms with Gasteiger partial charge in [-0.2, -0.15) is 0 Å². The van der Waals surface area contributed by atoms with Crippen LogP contribution in [-0.4, -0.2) is 38.8 Å². The first-order valence-electron chi connectivity index (χ1n) is 9.84. The Balaban J connectivity index is 1.30. The second-order valence-electron chi connectivity index (χ2n) is 7.33. The van der Waals surface area contributed by atoms with Crippen LogP contribution in [0.1, 0.15) is 24.3 Å². The molecule has 2 aliphatic rings. The van der Waals surface area contributed by atoms with Gasteiger partial charge in [-0.1, -0.05) is 54.1 Å². The quantitative estimate of drug-likeness (QED) is 0.537. The summed E-state index contributed by atoms with van der Waals surface area (Å²) in [6, 6.07) is 16.3. The van der Waals surface area contributed by atoms with Gasteiger partial charge in [-0.3, -0.25) is 4.79 Å². The van der Waals surface area contributed by atoms with Gasteiger partial charge in [0, 0.05) is 12.2 Å². The van der Waals surface area contributed by atoms with E-state index in [1.54, 1.807) is 34.9 Å². The molecule has 0 bridgehead atoms. The molecule has 31 heavy (non-hydrogen) atoms. The number of esters is 1. The largest absolute Gasteiger partial charge is 0.454 e. The van der Waals surface area contributed by atoms with Crippen LogP contribution < -0.4 is 0 Å². The van der Waals surface area contributed by atoms with Crippen LogP contribution in [0.15, 0.2) is 59.0 Å². The number of nitrogens with zero attached hydrogens (tertiary/aromatic N) is 3. The summed E-state index contributed by atoms with van der Waals surface area (Å²) in [4.78, 5) is 26.7. The van der Waals surface area contributed by atoms with Crippen molar-refractivity contribution in [1.29, 1.82) is 0 Å². The van der Waals surface area contributed by atoms with Crippen molar-refractivity contribution in [1.82, 2.24) is 15.1 Å². The Morgan fingerprint density at radius 3 is 2.77 bits per heavy atom. The van der Waals surface area contributed by atoms with E-state index in [2.05, 4.69) is 10.2 Å². The molecule has 1 aromatic heterocycles. The molecular weight excluding hydrogens is 438 g/mol. The predicted octanol–water partition coefficient (Wildman–Crippen LogP) is 4.02. The van der Waals surface area contributed by atoms with Gasteiger partial charge in [-0.05, 0) is 24.1 Å². The maximum absolute atomic E-state index is 12.9. The zero-order chi connectivity index (χ0) is 21.4. The molecule has 3 aromatic rings. The lowest BCUT2D eigenvalue weighted by molar-refractivity contribution is -0.155. The lowest BCUT2D eigenvalue weighted by Crippen LogP contribution is -2.46. The minimum absolute atomic E-state index is 0.0328. The normalized spacial score (nSPS) is 22.5. The van der Waals surface area contributed by atoms with E-state index < -0.39 is 16.9 Å². The SMILES string of the molecule is O=C(OCc1nnc(-c2ccccc2Cl)o1)C1CSC2(c3ccccc3)CCC(=O)N12. The first-order valence-corrected chi connectivity index (χ1v) is 11.2. The number of benzene rings is 2. The summed E-state index contributed by atoms with van der Waals surface area (Å²) in [6.45, 7) is -0.169. The van der Waals surface area contributed by atoms with E-state index in [9.17, 15) is 9.59 Å². The minimum atomic E-state index is -0.647. The molecule has 2 fully saturated rings. The van der Waals surface area contributed by atoms with E-state index in [4.69, 9.17) is 20.8 Å². The number of rotatable bonds is 5. The molecule has 0 saturated carbocycles. The van der Waals surface area contributed by atoms with E-state index in [1.165, 1.54) is 0 Å². The monoisotopic (exact) mass is 455 g/mol. The minimum Gasteiger partial charge on any atom is -0.454 e. The first-order chi connectivity index (χ1) is 15.1. The molecule has 2 saturated heterocycles. The van der Waals surface area contributed by atoms with Crippen molar-refractivity contribution < 1.29 is 18.7 Å². The fraction of sp³-hybridized carbons (Fsp3) is 0.273. The van der Waals surface area contributed by atoms with Crippen LogP contribution in [0, 0.1) is 0 Å². The summed E-state index contributed by atoms with van der Waals surface area (Å²) in [5.41, 5.74) is 1.64. The van der Waals surface area contributed by atoms with Crippen molar-refractivity contribution in [2.75, 3.05) is 5.75 Å². The number of halogens is 1. The van der Waals surface area contributed by atoms with Gasteiger partial charge in [-0.25, -0.2) is 4.79 Å². The number of carbonyl (C=O) groups is 2. The maximum Gasteiger partial charge on any atom is 0.330 e. The van der Waals surface area contributed by atoms with Crippen LogP contribution in [-0.2, 0) is 25.8 Å².